The first-order valence-corrected chi connectivity index (χ1v) is 6.60. The lowest BCUT2D eigenvalue weighted by molar-refractivity contribution is -0.148. The van der Waals surface area contributed by atoms with Gasteiger partial charge in [-0.2, -0.15) is 0 Å². The summed E-state index contributed by atoms with van der Waals surface area (Å²) < 4.78 is 15.9. The van der Waals surface area contributed by atoms with Crippen molar-refractivity contribution >= 4 is 5.97 Å². The highest BCUT2D eigenvalue weighted by Crippen LogP contribution is 2.39. The molecule has 19 heavy (non-hydrogen) atoms. The Morgan fingerprint density at radius 3 is 2.74 bits per heavy atom. The van der Waals surface area contributed by atoms with Gasteiger partial charge in [-0.15, -0.1) is 0 Å². The molecule has 1 aromatic rings. The van der Waals surface area contributed by atoms with Crippen LogP contribution in [-0.2, 0) is 22.4 Å². The van der Waals surface area contributed by atoms with E-state index in [0.717, 1.165) is 24.2 Å². The summed E-state index contributed by atoms with van der Waals surface area (Å²) in [5, 5.41) is 0. The van der Waals surface area contributed by atoms with E-state index in [4.69, 9.17) is 14.2 Å². The van der Waals surface area contributed by atoms with E-state index in [2.05, 4.69) is 6.07 Å². The highest BCUT2D eigenvalue weighted by Gasteiger charge is 2.29. The molecule has 104 valence electrons. The van der Waals surface area contributed by atoms with Crippen molar-refractivity contribution in [1.82, 2.24) is 0 Å². The van der Waals surface area contributed by atoms with E-state index in [0.29, 0.717) is 18.8 Å². The van der Waals surface area contributed by atoms with E-state index in [-0.39, 0.29) is 11.9 Å². The minimum Gasteiger partial charge on any atom is -0.493 e. The molecule has 4 heteroatoms. The number of hydrogen-bond acceptors (Lipinski definition) is 4. The molecule has 0 spiro atoms. The van der Waals surface area contributed by atoms with Crippen molar-refractivity contribution in [2.45, 2.75) is 26.2 Å². The highest BCUT2D eigenvalue weighted by molar-refractivity contribution is 5.74. The second kappa shape index (κ2) is 5.95. The third-order valence-corrected chi connectivity index (χ3v) is 3.58. The highest BCUT2D eigenvalue weighted by atomic mass is 16.5. The van der Waals surface area contributed by atoms with Gasteiger partial charge in [-0.3, -0.25) is 4.79 Å². The monoisotopic (exact) mass is 264 g/mol. The van der Waals surface area contributed by atoms with E-state index < -0.39 is 0 Å². The molecule has 1 aliphatic carbocycles. The van der Waals surface area contributed by atoms with Gasteiger partial charge < -0.3 is 14.2 Å². The Morgan fingerprint density at radius 1 is 1.32 bits per heavy atom. The second-order valence-electron chi connectivity index (χ2n) is 4.63. The Balaban J connectivity index is 2.29. The number of methoxy groups -OCH3 is 2. The van der Waals surface area contributed by atoms with E-state index in [1.165, 1.54) is 5.56 Å². The minimum absolute atomic E-state index is 0.0755. The first-order valence-electron chi connectivity index (χ1n) is 6.60. The SMILES string of the molecule is CCOC(=O)C1CCc2ccc(OC)c(OC)c2C1. The maximum Gasteiger partial charge on any atom is 0.309 e. The fraction of sp³-hybridized carbons (Fsp3) is 0.533. The van der Waals surface area contributed by atoms with Crippen LogP contribution in [0.15, 0.2) is 12.1 Å². The number of aryl methyl sites for hydroxylation is 1. The number of hydrogen-bond donors (Lipinski definition) is 0. The van der Waals surface area contributed by atoms with Crippen LogP contribution in [0.5, 0.6) is 11.5 Å². The molecule has 0 fully saturated rings. The first-order chi connectivity index (χ1) is 9.21. The lowest BCUT2D eigenvalue weighted by atomic mass is 9.83. The third-order valence-electron chi connectivity index (χ3n) is 3.58. The molecule has 0 aliphatic heterocycles. The maximum absolute atomic E-state index is 11.9. The van der Waals surface area contributed by atoms with Crippen molar-refractivity contribution in [3.8, 4) is 11.5 Å². The normalized spacial score (nSPS) is 17.5. The van der Waals surface area contributed by atoms with Gasteiger partial charge in [-0.05, 0) is 37.8 Å². The number of esters is 1. The molecular formula is C15H20O4. The average Bonchev–Trinajstić information content (AvgIpc) is 2.45. The van der Waals surface area contributed by atoms with Crippen LogP contribution in [-0.4, -0.2) is 26.8 Å². The molecule has 0 saturated heterocycles. The zero-order valence-electron chi connectivity index (χ0n) is 11.7. The predicted octanol–water partition coefficient (Wildman–Crippen LogP) is 2.37. The summed E-state index contributed by atoms with van der Waals surface area (Å²) in [5.74, 6) is 1.27. The van der Waals surface area contributed by atoms with Crippen LogP contribution in [0.25, 0.3) is 0 Å². The Kier molecular flexibility index (Phi) is 4.30. The molecular weight excluding hydrogens is 244 g/mol. The number of rotatable bonds is 4. The zero-order valence-corrected chi connectivity index (χ0v) is 11.7. The molecule has 1 aromatic carbocycles. The van der Waals surface area contributed by atoms with Gasteiger partial charge in [0, 0.05) is 5.56 Å². The molecule has 1 unspecified atom stereocenters. The fourth-order valence-corrected chi connectivity index (χ4v) is 2.63. The van der Waals surface area contributed by atoms with Gasteiger partial charge in [-0.25, -0.2) is 0 Å². The van der Waals surface area contributed by atoms with Gasteiger partial charge in [-0.1, -0.05) is 6.07 Å². The van der Waals surface area contributed by atoms with Gasteiger partial charge in [0.25, 0.3) is 0 Å². The van der Waals surface area contributed by atoms with Gasteiger partial charge in [0.15, 0.2) is 11.5 Å². The Hall–Kier alpha value is -1.71. The zero-order chi connectivity index (χ0) is 13.8. The molecule has 0 aromatic heterocycles. The van der Waals surface area contributed by atoms with E-state index >= 15 is 0 Å². The summed E-state index contributed by atoms with van der Waals surface area (Å²) in [6, 6.07) is 3.97. The number of carbonyl (C=O) groups is 1. The van der Waals surface area contributed by atoms with Crippen molar-refractivity contribution in [1.29, 1.82) is 0 Å². The van der Waals surface area contributed by atoms with Crippen molar-refractivity contribution in [3.63, 3.8) is 0 Å². The summed E-state index contributed by atoms with van der Waals surface area (Å²) in [4.78, 5) is 11.9. The smallest absolute Gasteiger partial charge is 0.309 e. The standard InChI is InChI=1S/C15H20O4/c1-4-19-15(16)11-6-5-10-7-8-13(17-2)14(18-3)12(10)9-11/h7-8,11H,4-6,9H2,1-3H3. The molecule has 1 aliphatic rings. The van der Waals surface area contributed by atoms with Crippen molar-refractivity contribution < 1.29 is 19.0 Å². The molecule has 0 bridgehead atoms. The summed E-state index contributed by atoms with van der Waals surface area (Å²) >= 11 is 0. The van der Waals surface area contributed by atoms with Crippen molar-refractivity contribution in [3.05, 3.63) is 23.3 Å². The van der Waals surface area contributed by atoms with Gasteiger partial charge >= 0.3 is 5.97 Å². The average molecular weight is 264 g/mol. The fourth-order valence-electron chi connectivity index (χ4n) is 2.63. The second-order valence-corrected chi connectivity index (χ2v) is 4.63. The first kappa shape index (κ1) is 13.7. The Bertz CT molecular complexity index is 467. The third kappa shape index (κ3) is 2.67. The predicted molar refractivity (Wildman–Crippen MR) is 71.7 cm³/mol. The van der Waals surface area contributed by atoms with Crippen LogP contribution in [0.2, 0.25) is 0 Å². The van der Waals surface area contributed by atoms with E-state index in [1.807, 2.05) is 13.0 Å². The quantitative estimate of drug-likeness (QED) is 0.783. The van der Waals surface area contributed by atoms with Crippen LogP contribution in [0, 0.1) is 5.92 Å². The molecule has 2 rings (SSSR count). The van der Waals surface area contributed by atoms with Gasteiger partial charge in [0.05, 0.1) is 26.7 Å². The summed E-state index contributed by atoms with van der Waals surface area (Å²) in [6.45, 7) is 2.26. The van der Waals surface area contributed by atoms with E-state index in [1.54, 1.807) is 14.2 Å². The van der Waals surface area contributed by atoms with Crippen molar-refractivity contribution in [2.75, 3.05) is 20.8 Å². The maximum atomic E-state index is 11.9. The van der Waals surface area contributed by atoms with Gasteiger partial charge in [0.2, 0.25) is 0 Å². The molecule has 0 saturated carbocycles. The molecule has 4 nitrogen and oxygen atoms in total. The van der Waals surface area contributed by atoms with Crippen LogP contribution < -0.4 is 9.47 Å². The molecule has 1 atom stereocenters. The minimum atomic E-state index is -0.113. The van der Waals surface area contributed by atoms with Gasteiger partial charge in [0.1, 0.15) is 0 Å². The number of benzene rings is 1. The topological polar surface area (TPSA) is 44.8 Å². The molecule has 0 N–H and O–H groups in total. The summed E-state index contributed by atoms with van der Waals surface area (Å²) in [6.07, 6.45) is 2.37. The lowest BCUT2D eigenvalue weighted by Crippen LogP contribution is -2.25. The Morgan fingerprint density at radius 2 is 2.11 bits per heavy atom. The number of fused-ring (bicyclic) bond motifs is 1. The summed E-state index contributed by atoms with van der Waals surface area (Å²) in [5.41, 5.74) is 2.31. The molecule has 0 amide bonds. The van der Waals surface area contributed by atoms with E-state index in [9.17, 15) is 4.79 Å². The number of ether oxygens (including phenoxy) is 3. The lowest BCUT2D eigenvalue weighted by Gasteiger charge is -2.25. The number of carbonyl (C=O) groups excluding carboxylic acids is 1. The molecule has 0 heterocycles. The van der Waals surface area contributed by atoms with Crippen LogP contribution in [0.3, 0.4) is 0 Å². The van der Waals surface area contributed by atoms with Crippen LogP contribution in [0.4, 0.5) is 0 Å². The Labute approximate surface area is 113 Å². The largest absolute Gasteiger partial charge is 0.493 e. The van der Waals surface area contributed by atoms with Crippen molar-refractivity contribution in [2.24, 2.45) is 5.92 Å². The summed E-state index contributed by atoms with van der Waals surface area (Å²) in [7, 11) is 3.25. The van der Waals surface area contributed by atoms with Crippen LogP contribution >= 0.6 is 0 Å². The van der Waals surface area contributed by atoms with Crippen LogP contribution in [0.1, 0.15) is 24.5 Å². The molecule has 0 radical (unpaired) electrons.